The van der Waals surface area contributed by atoms with E-state index >= 15 is 0 Å². The third kappa shape index (κ3) is 9.72. The smallest absolute Gasteiger partial charge is 0.248 e. The summed E-state index contributed by atoms with van der Waals surface area (Å²) in [5, 5.41) is 3.21. The van der Waals surface area contributed by atoms with Gasteiger partial charge in [-0.2, -0.15) is 0 Å². The number of nitrogens with one attached hydrogen (secondary N) is 1. The van der Waals surface area contributed by atoms with Crippen molar-refractivity contribution in [2.45, 2.75) is 32.2 Å². The van der Waals surface area contributed by atoms with Gasteiger partial charge in [-0.25, -0.2) is 0 Å². The van der Waals surface area contributed by atoms with E-state index in [1.54, 1.807) is 61.5 Å². The van der Waals surface area contributed by atoms with Crippen LogP contribution in [0.15, 0.2) is 102 Å². The number of halogens is 1. The van der Waals surface area contributed by atoms with Gasteiger partial charge in [-0.3, -0.25) is 24.2 Å². The summed E-state index contributed by atoms with van der Waals surface area (Å²) in [6.45, 7) is 2.39. The van der Waals surface area contributed by atoms with Crippen molar-refractivity contribution < 1.29 is 19.2 Å². The largest absolute Gasteiger partial charge is 0.346 e. The molecule has 0 saturated heterocycles. The van der Waals surface area contributed by atoms with E-state index < -0.39 is 6.04 Å². The van der Waals surface area contributed by atoms with Gasteiger partial charge < -0.3 is 26.6 Å². The number of ketones is 1. The van der Waals surface area contributed by atoms with Gasteiger partial charge in [0.25, 0.3) is 0 Å². The normalized spacial score (nSPS) is 12.8. The molecule has 5 N–H and O–H groups in total. The van der Waals surface area contributed by atoms with Crippen molar-refractivity contribution in [3.63, 3.8) is 0 Å². The first-order chi connectivity index (χ1) is 24.0. The Bertz CT molecular complexity index is 1850. The summed E-state index contributed by atoms with van der Waals surface area (Å²) >= 11 is 6.11. The van der Waals surface area contributed by atoms with E-state index in [-0.39, 0.29) is 36.6 Å². The van der Waals surface area contributed by atoms with Gasteiger partial charge in [0.1, 0.15) is 6.54 Å². The Morgan fingerprint density at radius 2 is 1.64 bits per heavy atom. The highest BCUT2D eigenvalue weighted by molar-refractivity contribution is 6.32. The number of likely N-dealkylation sites (N-methyl/N-ethyl adjacent to an activating group) is 2. The maximum absolute atomic E-state index is 13.0. The van der Waals surface area contributed by atoms with Gasteiger partial charge in [-0.05, 0) is 56.6 Å². The molecule has 50 heavy (non-hydrogen) atoms. The molecule has 0 unspecified atom stereocenters. The van der Waals surface area contributed by atoms with Crippen molar-refractivity contribution in [1.29, 1.82) is 0 Å². The Labute approximate surface area is 298 Å². The number of nitrogens with two attached hydrogens (primary N) is 2. The van der Waals surface area contributed by atoms with E-state index in [0.29, 0.717) is 34.8 Å². The summed E-state index contributed by atoms with van der Waals surface area (Å²) in [6, 6.07) is 28.9. The molecular weight excluding hydrogens is 652 g/mol. The van der Waals surface area contributed by atoms with Crippen LogP contribution in [0, 0.1) is 6.92 Å². The summed E-state index contributed by atoms with van der Waals surface area (Å²) < 4.78 is 0. The van der Waals surface area contributed by atoms with E-state index in [1.807, 2.05) is 61.5 Å². The molecule has 3 amide bonds. The van der Waals surface area contributed by atoms with E-state index in [4.69, 9.17) is 23.1 Å². The lowest BCUT2D eigenvalue weighted by molar-refractivity contribution is -0.125. The lowest BCUT2D eigenvalue weighted by Gasteiger charge is -2.21. The van der Waals surface area contributed by atoms with Crippen LogP contribution in [-0.4, -0.2) is 69.0 Å². The Morgan fingerprint density at radius 1 is 0.960 bits per heavy atom. The Hall–Kier alpha value is -5.16. The fraction of sp³-hybridized carbons (Fsp3) is 0.256. The molecule has 0 aromatic heterocycles. The number of hydrogen-bond acceptors (Lipinski definition) is 7. The zero-order valence-corrected chi connectivity index (χ0v) is 29.3. The summed E-state index contributed by atoms with van der Waals surface area (Å²) in [5.41, 5.74) is 17.2. The molecule has 5 rings (SSSR count). The van der Waals surface area contributed by atoms with Crippen LogP contribution in [0.4, 0.5) is 11.4 Å². The first-order valence-corrected chi connectivity index (χ1v) is 16.8. The number of unbranched alkanes of at least 4 members (excludes halogenated alkanes) is 1. The molecular formula is C39H43ClN6O4. The van der Waals surface area contributed by atoms with Gasteiger partial charge >= 0.3 is 0 Å². The number of anilines is 2. The van der Waals surface area contributed by atoms with Gasteiger partial charge in [0.2, 0.25) is 17.7 Å². The summed E-state index contributed by atoms with van der Waals surface area (Å²) in [4.78, 5) is 57.3. The highest BCUT2D eigenvalue weighted by atomic mass is 35.5. The third-order valence-corrected chi connectivity index (χ3v) is 8.49. The second kappa shape index (κ2) is 18.0. The van der Waals surface area contributed by atoms with Crippen molar-refractivity contribution in [3.8, 4) is 0 Å². The van der Waals surface area contributed by atoms with Crippen LogP contribution >= 0.6 is 11.6 Å². The van der Waals surface area contributed by atoms with Gasteiger partial charge in [-0.15, -0.1) is 0 Å². The van der Waals surface area contributed by atoms with Crippen molar-refractivity contribution in [1.82, 2.24) is 5.32 Å². The van der Waals surface area contributed by atoms with E-state index in [9.17, 15) is 19.2 Å². The highest BCUT2D eigenvalue weighted by Gasteiger charge is 2.23. The average Bonchev–Trinajstić information content (AvgIpc) is 3.25. The Balaban J connectivity index is 0.000000242. The number of rotatable bonds is 11. The molecule has 1 aliphatic heterocycles. The zero-order valence-electron chi connectivity index (χ0n) is 28.6. The highest BCUT2D eigenvalue weighted by Crippen LogP contribution is 2.29. The van der Waals surface area contributed by atoms with Gasteiger partial charge in [-0.1, -0.05) is 90.3 Å². The maximum atomic E-state index is 13.0. The van der Waals surface area contributed by atoms with Crippen molar-refractivity contribution in [2.75, 3.05) is 43.5 Å². The third-order valence-electron chi connectivity index (χ3n) is 8.26. The van der Waals surface area contributed by atoms with Gasteiger partial charge in [0.05, 0.1) is 29.7 Å². The lowest BCUT2D eigenvalue weighted by Crippen LogP contribution is -2.45. The Kier molecular flexibility index (Phi) is 13.6. The molecule has 0 spiro atoms. The second-order valence-electron chi connectivity index (χ2n) is 11.9. The van der Waals surface area contributed by atoms with Crippen LogP contribution in [0.25, 0.3) is 0 Å². The molecule has 1 atom stereocenters. The molecule has 0 saturated carbocycles. The second-order valence-corrected chi connectivity index (χ2v) is 12.4. The number of fused-ring (bicyclic) bond motifs is 1. The number of hydrogen-bond donors (Lipinski definition) is 3. The minimum Gasteiger partial charge on any atom is -0.346 e. The van der Waals surface area contributed by atoms with Crippen molar-refractivity contribution in [2.24, 2.45) is 16.5 Å². The van der Waals surface area contributed by atoms with Crippen molar-refractivity contribution >= 4 is 52.2 Å². The summed E-state index contributed by atoms with van der Waals surface area (Å²) in [7, 11) is 3.35. The summed E-state index contributed by atoms with van der Waals surface area (Å²) in [6.07, 6.45) is 2.07. The minimum absolute atomic E-state index is 0.0282. The number of benzodiazepines with no additional fused rings is 1. The zero-order chi connectivity index (χ0) is 36.2. The van der Waals surface area contributed by atoms with Crippen LogP contribution in [0.2, 0.25) is 5.02 Å². The quantitative estimate of drug-likeness (QED) is 0.150. The van der Waals surface area contributed by atoms with E-state index in [0.717, 1.165) is 40.9 Å². The lowest BCUT2D eigenvalue weighted by atomic mass is 9.99. The van der Waals surface area contributed by atoms with Crippen LogP contribution in [0.3, 0.4) is 0 Å². The topological polar surface area (TPSA) is 151 Å². The summed E-state index contributed by atoms with van der Waals surface area (Å²) in [5.74, 6) is -0.916. The number of aryl methyl sites for hydroxylation is 1. The average molecular weight is 695 g/mol. The molecule has 260 valence electrons. The van der Waals surface area contributed by atoms with Crippen LogP contribution in [0.5, 0.6) is 0 Å². The number of carbonyl (C=O) groups is 4. The van der Waals surface area contributed by atoms with Crippen molar-refractivity contribution in [3.05, 3.63) is 130 Å². The molecule has 1 aliphatic rings. The number of benzene rings is 4. The Morgan fingerprint density at radius 3 is 2.32 bits per heavy atom. The molecule has 0 aliphatic carbocycles. The van der Waals surface area contributed by atoms with Gasteiger partial charge in [0, 0.05) is 41.4 Å². The maximum Gasteiger partial charge on any atom is 0.248 e. The first-order valence-electron chi connectivity index (χ1n) is 16.4. The van der Waals surface area contributed by atoms with Crippen LogP contribution in [-0.2, 0) is 14.4 Å². The number of nitrogens with zero attached hydrogens (tertiary/aromatic N) is 3. The predicted molar refractivity (Wildman–Crippen MR) is 200 cm³/mol. The first kappa shape index (κ1) is 37.7. The molecule has 1 heterocycles. The number of aliphatic imine (C=N–C) groups is 1. The molecule has 0 bridgehead atoms. The monoisotopic (exact) mass is 694 g/mol. The van der Waals surface area contributed by atoms with E-state index in [1.165, 1.54) is 4.90 Å². The van der Waals surface area contributed by atoms with Gasteiger partial charge in [0.15, 0.2) is 5.78 Å². The number of carbonyl (C=O) groups excluding carboxylic acids is 4. The SMILES string of the molecule is CN1C(=O)CN=C(c2ccccc2)c2cc(Cl)ccc21.Cc1ccc(N(C)C(=O)CNC(=O)[C@@H](N)CCCCN)c(C(=O)c2ccccc2)c1. The van der Waals surface area contributed by atoms with E-state index in [2.05, 4.69) is 10.3 Å². The molecule has 4 aromatic carbocycles. The standard InChI is InChI=1S/C23H30N4O3.C16H13ClN2O/c1-16-11-12-20(18(14-16)22(29)17-8-4-3-5-9-17)27(2)21(28)15-26-23(30)19(25)10-6-7-13-24;1-19-14-8-7-12(17)9-13(14)16(18-10-15(19)20)11-5-3-2-4-6-11/h3-5,8-9,11-12,14,19H,6-7,10,13,15,24-25H2,1-2H3,(H,26,30);2-9H,10H2,1H3/t19-;/m0./s1. The fourth-order valence-corrected chi connectivity index (χ4v) is 5.53. The molecule has 11 heteroatoms. The predicted octanol–water partition coefficient (Wildman–Crippen LogP) is 4.92. The molecule has 0 fully saturated rings. The van der Waals surface area contributed by atoms with Crippen LogP contribution in [0.1, 0.15) is 51.9 Å². The molecule has 0 radical (unpaired) electrons. The number of amides is 3. The molecule has 4 aromatic rings. The van der Waals surface area contributed by atoms with Crippen LogP contribution < -0.4 is 26.6 Å². The molecule has 10 nitrogen and oxygen atoms in total. The minimum atomic E-state index is -0.677. The fourth-order valence-electron chi connectivity index (χ4n) is 5.36.